The zero-order chi connectivity index (χ0) is 13.0. The Morgan fingerprint density at radius 2 is 2.00 bits per heavy atom. The molecule has 0 fully saturated rings. The first-order valence-corrected chi connectivity index (χ1v) is 6.18. The topological polar surface area (TPSA) is 48.1 Å². The maximum Gasteiger partial charge on any atom is 0.223 e. The highest BCUT2D eigenvalue weighted by molar-refractivity contribution is 5.38. The van der Waals surface area contributed by atoms with Crippen molar-refractivity contribution in [1.82, 2.24) is 4.98 Å². The van der Waals surface area contributed by atoms with Gasteiger partial charge in [-0.25, -0.2) is 4.98 Å². The van der Waals surface area contributed by atoms with Crippen molar-refractivity contribution in [2.45, 2.75) is 26.3 Å². The number of pyridine rings is 1. The van der Waals surface area contributed by atoms with Gasteiger partial charge in [-0.15, -0.1) is 0 Å². The van der Waals surface area contributed by atoms with E-state index in [4.69, 9.17) is 10.5 Å². The lowest BCUT2D eigenvalue weighted by atomic mass is 10.1. The number of hydrogen-bond donors (Lipinski definition) is 1. The summed E-state index contributed by atoms with van der Waals surface area (Å²) in [5, 5.41) is 0. The number of ether oxygens (including phenoxy) is 1. The molecular weight excluding hydrogens is 224 g/mol. The van der Waals surface area contributed by atoms with Gasteiger partial charge < -0.3 is 10.5 Å². The lowest BCUT2D eigenvalue weighted by Gasteiger charge is -2.14. The molecule has 0 radical (unpaired) electrons. The van der Waals surface area contributed by atoms with Crippen LogP contribution in [0, 0.1) is 0 Å². The number of nitrogens with zero attached hydrogens (tertiary/aromatic N) is 1. The van der Waals surface area contributed by atoms with Crippen molar-refractivity contribution >= 4 is 0 Å². The third-order valence-electron chi connectivity index (χ3n) is 2.85. The monoisotopic (exact) mass is 242 g/mol. The highest BCUT2D eigenvalue weighted by Crippen LogP contribution is 2.28. The van der Waals surface area contributed by atoms with Gasteiger partial charge in [0.2, 0.25) is 5.88 Å². The van der Waals surface area contributed by atoms with E-state index >= 15 is 0 Å². The summed E-state index contributed by atoms with van der Waals surface area (Å²) in [6.07, 6.45) is 2.65. The van der Waals surface area contributed by atoms with E-state index < -0.39 is 0 Å². The van der Waals surface area contributed by atoms with Crippen LogP contribution >= 0.6 is 0 Å². The first kappa shape index (κ1) is 12.6. The van der Waals surface area contributed by atoms with Crippen molar-refractivity contribution in [2.75, 3.05) is 0 Å². The number of para-hydroxylation sites is 1. The predicted octanol–water partition coefficient (Wildman–Crippen LogP) is 3.46. The van der Waals surface area contributed by atoms with E-state index in [1.807, 2.05) is 37.3 Å². The summed E-state index contributed by atoms with van der Waals surface area (Å²) in [7, 11) is 0. The largest absolute Gasteiger partial charge is 0.438 e. The first-order valence-electron chi connectivity index (χ1n) is 6.18. The minimum atomic E-state index is -0.0949. The minimum absolute atomic E-state index is 0.0949. The van der Waals surface area contributed by atoms with Crippen molar-refractivity contribution in [1.29, 1.82) is 0 Å². The molecule has 0 aliphatic heterocycles. The molecule has 1 aromatic heterocycles. The highest BCUT2D eigenvalue weighted by Gasteiger charge is 2.11. The van der Waals surface area contributed by atoms with E-state index in [1.165, 1.54) is 5.56 Å². The van der Waals surface area contributed by atoms with E-state index in [-0.39, 0.29) is 6.04 Å². The third-order valence-corrected chi connectivity index (χ3v) is 2.85. The van der Waals surface area contributed by atoms with Crippen LogP contribution in [0.4, 0.5) is 0 Å². The van der Waals surface area contributed by atoms with Crippen molar-refractivity contribution in [3.05, 3.63) is 53.7 Å². The molecule has 1 heterocycles. The van der Waals surface area contributed by atoms with Gasteiger partial charge in [0.25, 0.3) is 0 Å². The number of hydrogen-bond acceptors (Lipinski definition) is 3. The summed E-state index contributed by atoms with van der Waals surface area (Å²) < 4.78 is 5.90. The van der Waals surface area contributed by atoms with Gasteiger partial charge in [-0.05, 0) is 31.0 Å². The van der Waals surface area contributed by atoms with Crippen LogP contribution in [0.1, 0.15) is 31.0 Å². The fourth-order valence-electron chi connectivity index (χ4n) is 1.83. The smallest absolute Gasteiger partial charge is 0.223 e. The zero-order valence-electron chi connectivity index (χ0n) is 10.8. The van der Waals surface area contributed by atoms with E-state index in [9.17, 15) is 0 Å². The van der Waals surface area contributed by atoms with Crippen LogP contribution in [0.25, 0.3) is 0 Å². The van der Waals surface area contributed by atoms with Gasteiger partial charge in [0.1, 0.15) is 5.75 Å². The van der Waals surface area contributed by atoms with E-state index in [1.54, 1.807) is 6.20 Å². The summed E-state index contributed by atoms with van der Waals surface area (Å²) in [5.74, 6) is 1.44. The van der Waals surface area contributed by atoms with Crippen molar-refractivity contribution in [3.8, 4) is 11.6 Å². The quantitative estimate of drug-likeness (QED) is 0.893. The summed E-state index contributed by atoms with van der Waals surface area (Å²) in [5.41, 5.74) is 8.00. The maximum absolute atomic E-state index is 5.92. The fraction of sp³-hybridized carbons (Fsp3) is 0.267. The van der Waals surface area contributed by atoms with Gasteiger partial charge in [0, 0.05) is 17.8 Å². The molecule has 94 valence electrons. The van der Waals surface area contributed by atoms with Gasteiger partial charge >= 0.3 is 0 Å². The molecule has 3 nitrogen and oxygen atoms in total. The summed E-state index contributed by atoms with van der Waals surface area (Å²) in [6, 6.07) is 11.7. The molecule has 0 saturated heterocycles. The van der Waals surface area contributed by atoms with E-state index in [0.29, 0.717) is 5.88 Å². The lowest BCUT2D eigenvalue weighted by molar-refractivity contribution is 0.447. The molecule has 2 N–H and O–H groups in total. The molecule has 0 aliphatic carbocycles. The van der Waals surface area contributed by atoms with Gasteiger partial charge in [-0.1, -0.05) is 31.2 Å². The van der Waals surface area contributed by atoms with Crippen LogP contribution in [0.2, 0.25) is 0 Å². The van der Waals surface area contributed by atoms with Crippen LogP contribution in [0.3, 0.4) is 0 Å². The molecule has 1 atom stereocenters. The molecule has 1 unspecified atom stereocenters. The maximum atomic E-state index is 5.92. The Morgan fingerprint density at radius 1 is 1.22 bits per heavy atom. The molecule has 1 aromatic carbocycles. The van der Waals surface area contributed by atoms with Crippen molar-refractivity contribution < 1.29 is 4.74 Å². The van der Waals surface area contributed by atoms with E-state index in [2.05, 4.69) is 18.0 Å². The molecule has 2 aromatic rings. The zero-order valence-corrected chi connectivity index (χ0v) is 10.8. The summed E-state index contributed by atoms with van der Waals surface area (Å²) >= 11 is 0. The Hall–Kier alpha value is -1.87. The normalized spacial score (nSPS) is 12.2. The molecule has 2 rings (SSSR count). The number of aromatic nitrogens is 1. The van der Waals surface area contributed by atoms with Crippen molar-refractivity contribution in [3.63, 3.8) is 0 Å². The third kappa shape index (κ3) is 2.68. The second kappa shape index (κ2) is 5.65. The fourth-order valence-corrected chi connectivity index (χ4v) is 1.83. The summed E-state index contributed by atoms with van der Waals surface area (Å²) in [4.78, 5) is 4.27. The molecule has 0 amide bonds. The van der Waals surface area contributed by atoms with Gasteiger partial charge in [-0.3, -0.25) is 0 Å². The van der Waals surface area contributed by atoms with Crippen LogP contribution in [-0.4, -0.2) is 4.98 Å². The van der Waals surface area contributed by atoms with Crippen LogP contribution < -0.4 is 10.5 Å². The van der Waals surface area contributed by atoms with E-state index in [0.717, 1.165) is 17.7 Å². The number of nitrogens with two attached hydrogens (primary N) is 1. The number of benzene rings is 1. The molecule has 3 heteroatoms. The molecular formula is C15H18N2O. The Morgan fingerprint density at radius 3 is 2.72 bits per heavy atom. The first-order chi connectivity index (χ1) is 8.72. The van der Waals surface area contributed by atoms with Crippen molar-refractivity contribution in [2.24, 2.45) is 5.73 Å². The Bertz CT molecular complexity index is 523. The van der Waals surface area contributed by atoms with Gasteiger partial charge in [-0.2, -0.15) is 0 Å². The van der Waals surface area contributed by atoms with Gasteiger partial charge in [0.15, 0.2) is 0 Å². The molecule has 0 aliphatic rings. The molecule has 0 bridgehead atoms. The average molecular weight is 242 g/mol. The SMILES string of the molecule is CCc1ccccc1Oc1ncccc1C(C)N. The standard InChI is InChI=1S/C15H18N2O/c1-3-12-7-4-5-9-14(12)18-15-13(11(2)16)8-6-10-17-15/h4-11H,3,16H2,1-2H3. The Balaban J connectivity index is 2.34. The predicted molar refractivity (Wildman–Crippen MR) is 72.7 cm³/mol. The highest BCUT2D eigenvalue weighted by atomic mass is 16.5. The number of rotatable bonds is 4. The van der Waals surface area contributed by atoms with Crippen LogP contribution in [-0.2, 0) is 6.42 Å². The lowest BCUT2D eigenvalue weighted by Crippen LogP contribution is -2.07. The van der Waals surface area contributed by atoms with Crippen LogP contribution in [0.5, 0.6) is 11.6 Å². The summed E-state index contributed by atoms with van der Waals surface area (Å²) in [6.45, 7) is 4.03. The Labute approximate surface area is 108 Å². The Kier molecular flexibility index (Phi) is 3.95. The molecule has 18 heavy (non-hydrogen) atoms. The second-order valence-corrected chi connectivity index (χ2v) is 4.25. The average Bonchev–Trinajstić information content (AvgIpc) is 2.40. The second-order valence-electron chi connectivity index (χ2n) is 4.25. The molecule has 0 spiro atoms. The van der Waals surface area contributed by atoms with Gasteiger partial charge in [0.05, 0.1) is 0 Å². The number of aryl methyl sites for hydroxylation is 1. The molecule has 0 saturated carbocycles. The minimum Gasteiger partial charge on any atom is -0.438 e. The van der Waals surface area contributed by atoms with Crippen LogP contribution in [0.15, 0.2) is 42.6 Å².